The smallest absolute Gasteiger partial charge is 0.264 e. The summed E-state index contributed by atoms with van der Waals surface area (Å²) in [7, 11) is 0. The van der Waals surface area contributed by atoms with Crippen LogP contribution in [0.15, 0.2) is 53.8 Å². The summed E-state index contributed by atoms with van der Waals surface area (Å²) in [5.41, 5.74) is 1.58. The topological polar surface area (TPSA) is 88.5 Å². The number of aromatic nitrogens is 5. The molecule has 0 aliphatic rings. The van der Waals surface area contributed by atoms with Crippen molar-refractivity contribution in [3.8, 4) is 5.69 Å². The van der Waals surface area contributed by atoms with E-state index in [1.807, 2.05) is 6.92 Å². The molecule has 0 spiro atoms. The minimum atomic E-state index is -0.683. The van der Waals surface area contributed by atoms with Crippen LogP contribution in [0.5, 0.6) is 0 Å². The van der Waals surface area contributed by atoms with Crippen molar-refractivity contribution >= 4 is 62.6 Å². The number of aromatic amines is 1. The van der Waals surface area contributed by atoms with E-state index in [0.29, 0.717) is 43.8 Å². The van der Waals surface area contributed by atoms with Crippen molar-refractivity contribution in [2.24, 2.45) is 0 Å². The zero-order valence-electron chi connectivity index (χ0n) is 16.9. The van der Waals surface area contributed by atoms with E-state index in [4.69, 9.17) is 34.8 Å². The molecule has 0 fully saturated rings. The van der Waals surface area contributed by atoms with E-state index in [9.17, 15) is 9.18 Å². The number of anilines is 1. The fourth-order valence-corrected chi connectivity index (χ4v) is 4.53. The Bertz CT molecular complexity index is 1580. The Balaban J connectivity index is 1.75. The van der Waals surface area contributed by atoms with Gasteiger partial charge in [0.05, 0.1) is 28.5 Å². The van der Waals surface area contributed by atoms with Gasteiger partial charge in [0, 0.05) is 15.7 Å². The van der Waals surface area contributed by atoms with Gasteiger partial charge < -0.3 is 10.3 Å². The highest BCUT2D eigenvalue weighted by Gasteiger charge is 2.21. The molecular weight excluding hydrogens is 490 g/mol. The van der Waals surface area contributed by atoms with E-state index in [1.54, 1.807) is 24.3 Å². The van der Waals surface area contributed by atoms with Gasteiger partial charge in [-0.1, -0.05) is 40.9 Å². The number of pyridine rings is 1. The lowest BCUT2D eigenvalue weighted by Gasteiger charge is -2.22. The Kier molecular flexibility index (Phi) is 5.44. The minimum Gasteiger partial charge on any atom is -0.360 e. The molecule has 0 aliphatic heterocycles. The first kappa shape index (κ1) is 21.6. The van der Waals surface area contributed by atoms with Crippen molar-refractivity contribution in [2.45, 2.75) is 13.0 Å². The van der Waals surface area contributed by atoms with Crippen LogP contribution in [0.25, 0.3) is 27.6 Å². The van der Waals surface area contributed by atoms with Gasteiger partial charge in [0.1, 0.15) is 17.7 Å². The number of benzene rings is 2. The summed E-state index contributed by atoms with van der Waals surface area (Å²) >= 11 is 18.6. The molecule has 2 aromatic carbocycles. The number of hydrogen-bond donors (Lipinski definition) is 2. The monoisotopic (exact) mass is 502 g/mol. The number of imidazole rings is 1. The molecule has 0 aliphatic carbocycles. The highest BCUT2D eigenvalue weighted by molar-refractivity contribution is 6.36. The Hall–Kier alpha value is -3.20. The van der Waals surface area contributed by atoms with Crippen molar-refractivity contribution in [2.75, 3.05) is 5.32 Å². The van der Waals surface area contributed by atoms with Crippen LogP contribution < -0.4 is 10.9 Å². The van der Waals surface area contributed by atoms with E-state index in [1.165, 1.54) is 29.4 Å². The van der Waals surface area contributed by atoms with Gasteiger partial charge in [0.25, 0.3) is 5.56 Å². The number of nitrogens with zero attached hydrogens (tertiary/aromatic N) is 4. The molecule has 1 atom stereocenters. The molecule has 0 amide bonds. The van der Waals surface area contributed by atoms with Crippen molar-refractivity contribution in [1.29, 1.82) is 0 Å². The molecular formula is C22H14Cl3FN6O. The van der Waals surface area contributed by atoms with Crippen molar-refractivity contribution in [3.05, 3.63) is 86.0 Å². The van der Waals surface area contributed by atoms with E-state index in [2.05, 4.69) is 25.3 Å². The maximum atomic E-state index is 14.2. The van der Waals surface area contributed by atoms with Crippen molar-refractivity contribution in [1.82, 2.24) is 24.5 Å². The number of nitrogens with one attached hydrogen (secondary N) is 2. The number of rotatable bonds is 4. The standard InChI is InChI=1S/C22H14Cl3FN6O/c1-10(31-21-19-20(28-8-27-19)29-9-30-21)16-4-11-2-3-15(26)18(25)17(11)22(33)32(16)14-6-12(23)5-13(24)7-14/h2-10H,1H3,(H2,27,28,29,30,31)/t10-/m0/s1. The Morgan fingerprint density at radius 3 is 2.58 bits per heavy atom. The first-order chi connectivity index (χ1) is 15.8. The van der Waals surface area contributed by atoms with E-state index >= 15 is 0 Å². The average Bonchev–Trinajstić information content (AvgIpc) is 3.25. The molecule has 0 saturated carbocycles. The highest BCUT2D eigenvalue weighted by atomic mass is 35.5. The van der Waals surface area contributed by atoms with E-state index in [0.717, 1.165) is 0 Å². The molecule has 11 heteroatoms. The summed E-state index contributed by atoms with van der Waals surface area (Å²) in [6, 6.07) is 8.81. The lowest BCUT2D eigenvalue weighted by Crippen LogP contribution is -2.26. The quantitative estimate of drug-likeness (QED) is 0.317. The largest absolute Gasteiger partial charge is 0.360 e. The SMILES string of the molecule is C[C@H](Nc1ncnc2[nH]cnc12)c1cc2ccc(F)c(Cl)c2c(=O)n1-c1cc(Cl)cc(Cl)c1. The maximum absolute atomic E-state index is 14.2. The van der Waals surface area contributed by atoms with Crippen LogP contribution >= 0.6 is 34.8 Å². The molecule has 0 bridgehead atoms. The van der Waals surface area contributed by atoms with Gasteiger partial charge in [-0.05, 0) is 42.6 Å². The molecule has 3 aromatic heterocycles. The van der Waals surface area contributed by atoms with Gasteiger partial charge in [-0.2, -0.15) is 0 Å². The predicted octanol–water partition coefficient (Wildman–Crippen LogP) is 5.93. The van der Waals surface area contributed by atoms with Crippen LogP contribution in [0, 0.1) is 5.82 Å². The zero-order valence-corrected chi connectivity index (χ0v) is 19.2. The predicted molar refractivity (Wildman–Crippen MR) is 128 cm³/mol. The van der Waals surface area contributed by atoms with E-state index < -0.39 is 17.4 Å². The Morgan fingerprint density at radius 2 is 1.82 bits per heavy atom. The summed E-state index contributed by atoms with van der Waals surface area (Å²) in [5, 5.41) is 4.26. The van der Waals surface area contributed by atoms with Gasteiger partial charge in [0.15, 0.2) is 11.5 Å². The second kappa shape index (κ2) is 8.30. The van der Waals surface area contributed by atoms with Gasteiger partial charge in [-0.25, -0.2) is 19.3 Å². The molecule has 0 saturated heterocycles. The molecule has 0 unspecified atom stereocenters. The van der Waals surface area contributed by atoms with Crippen LogP contribution in [-0.4, -0.2) is 24.5 Å². The zero-order chi connectivity index (χ0) is 23.3. The first-order valence-electron chi connectivity index (χ1n) is 9.74. The third-order valence-electron chi connectivity index (χ3n) is 5.23. The maximum Gasteiger partial charge on any atom is 0.264 e. The summed E-state index contributed by atoms with van der Waals surface area (Å²) in [6.07, 6.45) is 2.92. The molecule has 33 heavy (non-hydrogen) atoms. The number of H-pyrrole nitrogens is 1. The number of halogens is 4. The summed E-state index contributed by atoms with van der Waals surface area (Å²) < 4.78 is 15.6. The van der Waals surface area contributed by atoms with Gasteiger partial charge >= 0.3 is 0 Å². The lowest BCUT2D eigenvalue weighted by molar-refractivity contribution is 0.629. The highest BCUT2D eigenvalue weighted by Crippen LogP contribution is 2.30. The second-order valence-corrected chi connectivity index (χ2v) is 8.60. The average molecular weight is 504 g/mol. The number of hydrogen-bond acceptors (Lipinski definition) is 5. The normalized spacial score (nSPS) is 12.4. The molecule has 5 aromatic rings. The number of fused-ring (bicyclic) bond motifs is 2. The lowest BCUT2D eigenvalue weighted by atomic mass is 10.1. The fourth-order valence-electron chi connectivity index (χ4n) is 3.76. The van der Waals surface area contributed by atoms with Crippen LogP contribution in [0.3, 0.4) is 0 Å². The Morgan fingerprint density at radius 1 is 1.06 bits per heavy atom. The molecule has 2 N–H and O–H groups in total. The van der Waals surface area contributed by atoms with Gasteiger partial charge in [-0.3, -0.25) is 9.36 Å². The third kappa shape index (κ3) is 3.80. The molecule has 5 rings (SSSR count). The summed E-state index contributed by atoms with van der Waals surface area (Å²) in [4.78, 5) is 29.2. The van der Waals surface area contributed by atoms with Gasteiger partial charge in [-0.15, -0.1) is 0 Å². The van der Waals surface area contributed by atoms with Crippen LogP contribution in [0.4, 0.5) is 10.2 Å². The molecule has 166 valence electrons. The van der Waals surface area contributed by atoms with Gasteiger partial charge in [0.2, 0.25) is 0 Å². The van der Waals surface area contributed by atoms with Crippen molar-refractivity contribution in [3.63, 3.8) is 0 Å². The van der Waals surface area contributed by atoms with Crippen molar-refractivity contribution < 1.29 is 4.39 Å². The second-order valence-electron chi connectivity index (χ2n) is 7.35. The molecule has 7 nitrogen and oxygen atoms in total. The summed E-state index contributed by atoms with van der Waals surface area (Å²) in [5.74, 6) is -0.202. The van der Waals surface area contributed by atoms with Crippen LogP contribution in [0.1, 0.15) is 18.7 Å². The van der Waals surface area contributed by atoms with Crippen LogP contribution in [0.2, 0.25) is 15.1 Å². The van der Waals surface area contributed by atoms with Crippen LogP contribution in [-0.2, 0) is 0 Å². The molecule has 3 heterocycles. The summed E-state index contributed by atoms with van der Waals surface area (Å²) in [6.45, 7) is 1.86. The molecule has 0 radical (unpaired) electrons. The first-order valence-corrected chi connectivity index (χ1v) is 10.9. The minimum absolute atomic E-state index is 0.0560. The third-order valence-corrected chi connectivity index (χ3v) is 6.03. The fraction of sp³-hybridized carbons (Fsp3) is 0.0909. The van der Waals surface area contributed by atoms with E-state index in [-0.39, 0.29) is 10.4 Å². The Labute approximate surface area is 201 Å².